The molecule has 0 fully saturated rings. The summed E-state index contributed by atoms with van der Waals surface area (Å²) in [6, 6.07) is 14.3. The van der Waals surface area contributed by atoms with Gasteiger partial charge in [0.2, 0.25) is 0 Å². The lowest BCUT2D eigenvalue weighted by Gasteiger charge is -2.18. The van der Waals surface area contributed by atoms with Crippen LogP contribution in [0, 0.1) is 20.8 Å². The Hall–Kier alpha value is -2.07. The van der Waals surface area contributed by atoms with Crippen LogP contribution in [0.25, 0.3) is 0 Å². The van der Waals surface area contributed by atoms with E-state index >= 15 is 0 Å². The fourth-order valence-corrected chi connectivity index (χ4v) is 3.71. The van der Waals surface area contributed by atoms with E-state index in [4.69, 9.17) is 0 Å². The van der Waals surface area contributed by atoms with Crippen molar-refractivity contribution in [1.82, 2.24) is 4.90 Å². The van der Waals surface area contributed by atoms with Gasteiger partial charge < -0.3 is 0 Å². The van der Waals surface area contributed by atoms with Crippen molar-refractivity contribution in [2.45, 2.75) is 26.5 Å². The van der Waals surface area contributed by atoms with Crippen molar-refractivity contribution in [2.75, 3.05) is 13.1 Å². The number of amidine groups is 1. The summed E-state index contributed by atoms with van der Waals surface area (Å²) in [7, 11) is 0. The van der Waals surface area contributed by atoms with Gasteiger partial charge in [0.25, 0.3) is 5.91 Å². The van der Waals surface area contributed by atoms with Crippen LogP contribution in [0.5, 0.6) is 0 Å². The average molecular weight is 338 g/mol. The third-order valence-corrected chi connectivity index (χ3v) is 5.34. The molecule has 0 radical (unpaired) electrons. The first kappa shape index (κ1) is 16.8. The number of amides is 1. The molecule has 0 atom stereocenters. The Kier molecular flexibility index (Phi) is 5.05. The van der Waals surface area contributed by atoms with Gasteiger partial charge in [-0.3, -0.25) is 14.7 Å². The van der Waals surface area contributed by atoms with Gasteiger partial charge >= 0.3 is 0 Å². The average Bonchev–Trinajstić information content (AvgIpc) is 3.03. The lowest BCUT2D eigenvalue weighted by molar-refractivity contribution is 0.0860. The van der Waals surface area contributed by atoms with Crippen molar-refractivity contribution >= 4 is 22.8 Å². The summed E-state index contributed by atoms with van der Waals surface area (Å²) in [5, 5.41) is 0.833. The summed E-state index contributed by atoms with van der Waals surface area (Å²) >= 11 is 1.64. The maximum absolute atomic E-state index is 12.8. The fourth-order valence-electron chi connectivity index (χ4n) is 2.72. The van der Waals surface area contributed by atoms with Gasteiger partial charge in [0.05, 0.1) is 6.54 Å². The van der Waals surface area contributed by atoms with Crippen LogP contribution in [0.4, 0.5) is 0 Å². The Labute approximate surface area is 147 Å². The maximum Gasteiger partial charge on any atom is 0.259 e. The standard InChI is InChI=1S/C20H22N2OS/c1-14-5-4-6-17(11-14)13-24-20-21-9-10-22(20)19(23)18-8-7-15(2)16(3)12-18/h4-8,11-12H,9-10,13H2,1-3H3. The molecule has 3 nitrogen and oxygen atoms in total. The Balaban J connectivity index is 1.70. The lowest BCUT2D eigenvalue weighted by Crippen LogP contribution is -2.32. The molecule has 24 heavy (non-hydrogen) atoms. The van der Waals surface area contributed by atoms with Gasteiger partial charge in [-0.15, -0.1) is 0 Å². The Bertz CT molecular complexity index is 798. The number of nitrogens with zero attached hydrogens (tertiary/aromatic N) is 2. The van der Waals surface area contributed by atoms with Crippen molar-refractivity contribution in [3.8, 4) is 0 Å². The molecule has 2 aromatic carbocycles. The van der Waals surface area contributed by atoms with Gasteiger partial charge in [-0.1, -0.05) is 47.7 Å². The third-order valence-electron chi connectivity index (χ3n) is 4.25. The number of carbonyl (C=O) groups is 1. The molecule has 1 amide bonds. The van der Waals surface area contributed by atoms with E-state index < -0.39 is 0 Å². The number of aryl methyl sites for hydroxylation is 3. The molecule has 0 aromatic heterocycles. The molecule has 3 rings (SSSR count). The zero-order chi connectivity index (χ0) is 17.1. The minimum Gasteiger partial charge on any atom is -0.286 e. The third kappa shape index (κ3) is 3.70. The van der Waals surface area contributed by atoms with E-state index in [1.165, 1.54) is 16.7 Å². The Morgan fingerprint density at radius 3 is 2.71 bits per heavy atom. The van der Waals surface area contributed by atoms with Crippen molar-refractivity contribution in [3.05, 3.63) is 70.3 Å². The summed E-state index contributed by atoms with van der Waals surface area (Å²) in [5.41, 5.74) is 5.60. The Morgan fingerprint density at radius 2 is 1.96 bits per heavy atom. The second-order valence-corrected chi connectivity index (χ2v) is 7.14. The normalized spacial score (nSPS) is 14.0. The molecule has 0 saturated carbocycles. The number of aliphatic imine (C=N–C) groups is 1. The molecule has 0 aliphatic carbocycles. The van der Waals surface area contributed by atoms with Crippen molar-refractivity contribution in [2.24, 2.45) is 4.99 Å². The summed E-state index contributed by atoms with van der Waals surface area (Å²) in [6.45, 7) is 7.55. The van der Waals surface area contributed by atoms with E-state index in [1.54, 1.807) is 11.8 Å². The van der Waals surface area contributed by atoms with Crippen LogP contribution < -0.4 is 0 Å². The zero-order valence-corrected chi connectivity index (χ0v) is 15.2. The summed E-state index contributed by atoms with van der Waals surface area (Å²) in [5.74, 6) is 0.878. The largest absolute Gasteiger partial charge is 0.286 e. The minimum absolute atomic E-state index is 0.0473. The van der Waals surface area contributed by atoms with E-state index in [9.17, 15) is 4.79 Å². The molecule has 1 heterocycles. The predicted molar refractivity (Wildman–Crippen MR) is 102 cm³/mol. The van der Waals surface area contributed by atoms with Crippen LogP contribution in [-0.2, 0) is 5.75 Å². The van der Waals surface area contributed by atoms with Crippen LogP contribution in [0.2, 0.25) is 0 Å². The van der Waals surface area contributed by atoms with E-state index in [-0.39, 0.29) is 5.91 Å². The van der Waals surface area contributed by atoms with Gasteiger partial charge in [-0.25, -0.2) is 0 Å². The molecular formula is C20H22N2OS. The first-order valence-electron chi connectivity index (χ1n) is 8.16. The molecule has 124 valence electrons. The maximum atomic E-state index is 12.8. The summed E-state index contributed by atoms with van der Waals surface area (Å²) in [4.78, 5) is 19.2. The first-order valence-corrected chi connectivity index (χ1v) is 9.15. The van der Waals surface area contributed by atoms with Crippen LogP contribution in [-0.4, -0.2) is 29.1 Å². The zero-order valence-electron chi connectivity index (χ0n) is 14.4. The van der Waals surface area contributed by atoms with Gasteiger partial charge in [0, 0.05) is 17.9 Å². The second-order valence-electron chi connectivity index (χ2n) is 6.20. The fraction of sp³-hybridized carbons (Fsp3) is 0.300. The smallest absolute Gasteiger partial charge is 0.259 e. The van der Waals surface area contributed by atoms with Gasteiger partial charge in [-0.2, -0.15) is 0 Å². The molecule has 4 heteroatoms. The van der Waals surface area contributed by atoms with E-state index in [1.807, 2.05) is 30.0 Å². The molecule has 0 unspecified atom stereocenters. The van der Waals surface area contributed by atoms with Gasteiger partial charge in [-0.05, 0) is 49.6 Å². The van der Waals surface area contributed by atoms with Crippen LogP contribution in [0.1, 0.15) is 32.6 Å². The molecule has 1 aliphatic heterocycles. The highest BCUT2D eigenvalue weighted by Gasteiger charge is 2.25. The number of benzene rings is 2. The SMILES string of the molecule is Cc1cccc(CSC2=NCCN2C(=O)c2ccc(C)c(C)c2)c1. The molecular weight excluding hydrogens is 316 g/mol. The Morgan fingerprint density at radius 1 is 1.12 bits per heavy atom. The molecule has 0 N–H and O–H groups in total. The molecule has 1 aliphatic rings. The van der Waals surface area contributed by atoms with Crippen molar-refractivity contribution in [1.29, 1.82) is 0 Å². The molecule has 0 saturated heterocycles. The van der Waals surface area contributed by atoms with E-state index in [0.717, 1.165) is 22.0 Å². The quantitative estimate of drug-likeness (QED) is 0.833. The van der Waals surface area contributed by atoms with E-state index in [2.05, 4.69) is 43.1 Å². The number of hydrogen-bond donors (Lipinski definition) is 0. The highest BCUT2D eigenvalue weighted by Crippen LogP contribution is 2.22. The second kappa shape index (κ2) is 7.22. The monoisotopic (exact) mass is 338 g/mol. The van der Waals surface area contributed by atoms with Crippen LogP contribution in [0.3, 0.4) is 0 Å². The number of hydrogen-bond acceptors (Lipinski definition) is 3. The summed E-state index contributed by atoms with van der Waals surface area (Å²) < 4.78 is 0. The van der Waals surface area contributed by atoms with Gasteiger partial charge in [0.15, 0.2) is 5.17 Å². The highest BCUT2D eigenvalue weighted by atomic mass is 32.2. The molecule has 0 spiro atoms. The number of carbonyl (C=O) groups excluding carboxylic acids is 1. The van der Waals surface area contributed by atoms with Crippen LogP contribution >= 0.6 is 11.8 Å². The summed E-state index contributed by atoms with van der Waals surface area (Å²) in [6.07, 6.45) is 0. The number of thioether (sulfide) groups is 1. The molecule has 2 aromatic rings. The van der Waals surface area contributed by atoms with Crippen molar-refractivity contribution in [3.63, 3.8) is 0 Å². The lowest BCUT2D eigenvalue weighted by atomic mass is 10.1. The highest BCUT2D eigenvalue weighted by molar-refractivity contribution is 8.13. The molecule has 0 bridgehead atoms. The van der Waals surface area contributed by atoms with Crippen LogP contribution in [0.15, 0.2) is 47.5 Å². The van der Waals surface area contributed by atoms with Gasteiger partial charge in [0.1, 0.15) is 0 Å². The topological polar surface area (TPSA) is 32.7 Å². The number of rotatable bonds is 3. The minimum atomic E-state index is 0.0473. The predicted octanol–water partition coefficient (Wildman–Crippen LogP) is 4.36. The first-order chi connectivity index (χ1) is 11.5. The van der Waals surface area contributed by atoms with E-state index in [0.29, 0.717) is 13.1 Å². The van der Waals surface area contributed by atoms with Crippen molar-refractivity contribution < 1.29 is 4.79 Å².